The number of rotatable bonds is 10. The third-order valence-corrected chi connectivity index (χ3v) is 6.83. The zero-order valence-corrected chi connectivity index (χ0v) is 20.9. The van der Waals surface area contributed by atoms with Crippen LogP contribution < -0.4 is 4.74 Å². The van der Waals surface area contributed by atoms with Gasteiger partial charge in [-0.2, -0.15) is 0 Å². The smallest absolute Gasteiger partial charge is 0.176 e. The highest BCUT2D eigenvalue weighted by molar-refractivity contribution is 5.73. The summed E-state index contributed by atoms with van der Waals surface area (Å²) in [5.41, 5.74) is 5.47. The SMILES string of the molecule is C=C(C)C(O)OCc1cc(OCCO)ccc1-c1ccc(-c2ccc(C3CCCCC3)cc2)c(F)c1. The Morgan fingerprint density at radius 3 is 2.33 bits per heavy atom. The number of aliphatic hydroxyl groups is 2. The summed E-state index contributed by atoms with van der Waals surface area (Å²) in [6.07, 6.45) is 5.28. The van der Waals surface area contributed by atoms with Gasteiger partial charge in [-0.1, -0.05) is 68.3 Å². The van der Waals surface area contributed by atoms with E-state index in [4.69, 9.17) is 14.6 Å². The average molecular weight is 491 g/mol. The number of ether oxygens (including phenoxy) is 2. The van der Waals surface area contributed by atoms with Crippen LogP contribution in [-0.2, 0) is 11.3 Å². The van der Waals surface area contributed by atoms with Gasteiger partial charge in [-0.15, -0.1) is 0 Å². The summed E-state index contributed by atoms with van der Waals surface area (Å²) in [4.78, 5) is 0. The van der Waals surface area contributed by atoms with Crippen LogP contribution in [0.15, 0.2) is 72.8 Å². The lowest BCUT2D eigenvalue weighted by molar-refractivity contribution is -0.0807. The molecule has 1 unspecified atom stereocenters. The van der Waals surface area contributed by atoms with Gasteiger partial charge < -0.3 is 19.7 Å². The molecule has 0 bridgehead atoms. The van der Waals surface area contributed by atoms with Crippen LogP contribution in [0.4, 0.5) is 4.39 Å². The van der Waals surface area contributed by atoms with Crippen LogP contribution in [0.3, 0.4) is 0 Å². The van der Waals surface area contributed by atoms with Crippen LogP contribution in [0.25, 0.3) is 22.3 Å². The second-order valence-electron chi connectivity index (χ2n) is 9.55. The Kier molecular flexibility index (Phi) is 8.92. The predicted octanol–water partition coefficient (Wildman–Crippen LogP) is 6.99. The van der Waals surface area contributed by atoms with E-state index in [9.17, 15) is 5.11 Å². The minimum Gasteiger partial charge on any atom is -0.491 e. The van der Waals surface area contributed by atoms with Crippen LogP contribution in [0.1, 0.15) is 56.1 Å². The Morgan fingerprint density at radius 1 is 0.972 bits per heavy atom. The second-order valence-corrected chi connectivity index (χ2v) is 9.55. The van der Waals surface area contributed by atoms with Crippen LogP contribution in [0.2, 0.25) is 0 Å². The van der Waals surface area contributed by atoms with Gasteiger partial charge in [0.05, 0.1) is 13.2 Å². The first-order chi connectivity index (χ1) is 17.5. The molecule has 1 atom stereocenters. The molecule has 2 N–H and O–H groups in total. The summed E-state index contributed by atoms with van der Waals surface area (Å²) in [5, 5.41) is 19.1. The summed E-state index contributed by atoms with van der Waals surface area (Å²) in [6, 6.07) is 19.0. The fourth-order valence-electron chi connectivity index (χ4n) is 4.82. The van der Waals surface area contributed by atoms with Gasteiger partial charge in [-0.3, -0.25) is 0 Å². The second kappa shape index (κ2) is 12.3. The van der Waals surface area contributed by atoms with Crippen molar-refractivity contribution in [2.45, 2.75) is 57.8 Å². The van der Waals surface area contributed by atoms with E-state index in [0.717, 1.165) is 16.7 Å². The van der Waals surface area contributed by atoms with Crippen molar-refractivity contribution in [3.05, 3.63) is 89.8 Å². The Bertz CT molecular complexity index is 1170. The van der Waals surface area contributed by atoms with E-state index in [1.807, 2.05) is 30.3 Å². The minimum atomic E-state index is -1.10. The maximum atomic E-state index is 15.3. The predicted molar refractivity (Wildman–Crippen MR) is 141 cm³/mol. The average Bonchev–Trinajstić information content (AvgIpc) is 2.91. The monoisotopic (exact) mass is 490 g/mol. The summed E-state index contributed by atoms with van der Waals surface area (Å²) < 4.78 is 26.4. The molecule has 1 fully saturated rings. The first-order valence-corrected chi connectivity index (χ1v) is 12.7. The number of hydrogen-bond donors (Lipinski definition) is 2. The molecule has 0 saturated heterocycles. The first-order valence-electron chi connectivity index (χ1n) is 12.7. The molecule has 190 valence electrons. The zero-order chi connectivity index (χ0) is 25.5. The van der Waals surface area contributed by atoms with Gasteiger partial charge in [0.1, 0.15) is 18.2 Å². The van der Waals surface area contributed by atoms with Gasteiger partial charge in [0.25, 0.3) is 0 Å². The fourth-order valence-corrected chi connectivity index (χ4v) is 4.82. The molecule has 1 aliphatic rings. The maximum absolute atomic E-state index is 15.3. The van der Waals surface area contributed by atoms with E-state index in [2.05, 4.69) is 18.7 Å². The third kappa shape index (κ3) is 6.41. The highest BCUT2D eigenvalue weighted by atomic mass is 19.1. The lowest BCUT2D eigenvalue weighted by Crippen LogP contribution is -2.13. The molecule has 36 heavy (non-hydrogen) atoms. The summed E-state index contributed by atoms with van der Waals surface area (Å²) in [5.74, 6) is 0.882. The van der Waals surface area contributed by atoms with E-state index >= 15 is 4.39 Å². The molecule has 4 nitrogen and oxygen atoms in total. The molecule has 1 aliphatic carbocycles. The molecule has 3 aromatic rings. The highest BCUT2D eigenvalue weighted by Crippen LogP contribution is 2.35. The highest BCUT2D eigenvalue weighted by Gasteiger charge is 2.17. The summed E-state index contributed by atoms with van der Waals surface area (Å²) in [7, 11) is 0. The topological polar surface area (TPSA) is 58.9 Å². The van der Waals surface area contributed by atoms with E-state index in [0.29, 0.717) is 28.4 Å². The lowest BCUT2D eigenvalue weighted by Gasteiger charge is -2.22. The Balaban J connectivity index is 1.58. The normalized spacial score (nSPS) is 15.0. The molecule has 0 heterocycles. The molecule has 0 spiro atoms. The van der Waals surface area contributed by atoms with Gasteiger partial charge >= 0.3 is 0 Å². The van der Waals surface area contributed by atoms with E-state index in [-0.39, 0.29) is 25.6 Å². The third-order valence-electron chi connectivity index (χ3n) is 6.83. The molecule has 0 radical (unpaired) electrons. The molecular formula is C31H35FO4. The van der Waals surface area contributed by atoms with Gasteiger partial charge in [0, 0.05) is 5.56 Å². The van der Waals surface area contributed by atoms with Crippen LogP contribution in [-0.4, -0.2) is 29.7 Å². The number of hydrogen-bond acceptors (Lipinski definition) is 4. The standard InChI is InChI=1S/C31H35FO4/c1-21(2)31(34)36-20-26-18-27(35-17-16-33)13-15-28(26)25-12-14-29(30(32)19-25)24-10-8-23(9-11-24)22-6-4-3-5-7-22/h8-15,18-19,22,31,33-34H,1,3-7,16-17,20H2,2H3. The van der Waals surface area contributed by atoms with Crippen LogP contribution in [0, 0.1) is 5.82 Å². The number of benzene rings is 3. The Morgan fingerprint density at radius 2 is 1.67 bits per heavy atom. The van der Waals surface area contributed by atoms with Crippen molar-refractivity contribution < 1.29 is 24.1 Å². The number of halogens is 1. The van der Waals surface area contributed by atoms with Crippen molar-refractivity contribution in [3.8, 4) is 28.0 Å². The minimum absolute atomic E-state index is 0.0890. The Labute approximate surface area is 213 Å². The Hall–Kier alpha value is -2.99. The molecule has 5 heteroatoms. The van der Waals surface area contributed by atoms with Crippen molar-refractivity contribution in [2.75, 3.05) is 13.2 Å². The van der Waals surface area contributed by atoms with E-state index in [1.54, 1.807) is 19.1 Å². The van der Waals surface area contributed by atoms with Crippen molar-refractivity contribution >= 4 is 0 Å². The summed E-state index contributed by atoms with van der Waals surface area (Å²) in [6.45, 7) is 5.55. The van der Waals surface area contributed by atoms with Gasteiger partial charge in [-0.25, -0.2) is 4.39 Å². The van der Waals surface area contributed by atoms with Gasteiger partial charge in [0.2, 0.25) is 0 Å². The van der Waals surface area contributed by atoms with Crippen molar-refractivity contribution in [1.29, 1.82) is 0 Å². The fraction of sp³-hybridized carbons (Fsp3) is 0.355. The van der Waals surface area contributed by atoms with E-state index < -0.39 is 6.29 Å². The number of aliphatic hydroxyl groups excluding tert-OH is 2. The van der Waals surface area contributed by atoms with Crippen LogP contribution >= 0.6 is 0 Å². The molecule has 4 rings (SSSR count). The van der Waals surface area contributed by atoms with Crippen molar-refractivity contribution in [2.24, 2.45) is 0 Å². The maximum Gasteiger partial charge on any atom is 0.176 e. The molecule has 0 aromatic heterocycles. The van der Waals surface area contributed by atoms with Gasteiger partial charge in [0.15, 0.2) is 6.29 Å². The molecule has 0 amide bonds. The van der Waals surface area contributed by atoms with E-state index in [1.165, 1.54) is 43.7 Å². The zero-order valence-electron chi connectivity index (χ0n) is 20.9. The molecule has 0 aliphatic heterocycles. The van der Waals surface area contributed by atoms with Crippen molar-refractivity contribution in [3.63, 3.8) is 0 Å². The summed E-state index contributed by atoms with van der Waals surface area (Å²) >= 11 is 0. The van der Waals surface area contributed by atoms with Gasteiger partial charge in [-0.05, 0) is 77.3 Å². The molecule has 3 aromatic carbocycles. The van der Waals surface area contributed by atoms with Crippen LogP contribution in [0.5, 0.6) is 5.75 Å². The quantitative estimate of drug-likeness (QED) is 0.238. The van der Waals surface area contributed by atoms with Crippen molar-refractivity contribution in [1.82, 2.24) is 0 Å². The molecule has 1 saturated carbocycles. The largest absolute Gasteiger partial charge is 0.491 e. The lowest BCUT2D eigenvalue weighted by atomic mass is 9.83. The molecular weight excluding hydrogens is 455 g/mol. The first kappa shape index (κ1) is 26.1.